The summed E-state index contributed by atoms with van der Waals surface area (Å²) in [4.78, 5) is 0. The molecule has 1 aliphatic carbocycles. The Kier molecular flexibility index (Phi) is 3.64. The number of halogens is 2. The van der Waals surface area contributed by atoms with Crippen molar-refractivity contribution in [3.05, 3.63) is 63.9 Å². The van der Waals surface area contributed by atoms with Gasteiger partial charge in [-0.3, -0.25) is 0 Å². The Hall–Kier alpha value is -1.58. The molecule has 1 atom stereocenters. The topological polar surface area (TPSA) is 29.5 Å². The van der Waals surface area contributed by atoms with Crippen LogP contribution in [0.2, 0.25) is 5.02 Å². The standard InChI is InChI=1S/C17H16ClFO2/c1-21-14-4-2-11-6-7-17(20,10-12(11)8-14)15-5-3-13(18)9-16(15)19/h2-5,8-9,20H,6-7,10H2,1H3. The highest BCUT2D eigenvalue weighted by Gasteiger charge is 2.36. The van der Waals surface area contributed by atoms with E-state index < -0.39 is 11.4 Å². The predicted octanol–water partition coefficient (Wildman–Crippen LogP) is 3.86. The van der Waals surface area contributed by atoms with Crippen molar-refractivity contribution in [1.29, 1.82) is 0 Å². The summed E-state index contributed by atoms with van der Waals surface area (Å²) in [5, 5.41) is 11.2. The summed E-state index contributed by atoms with van der Waals surface area (Å²) in [6.07, 6.45) is 1.57. The van der Waals surface area contributed by atoms with E-state index in [2.05, 4.69) is 0 Å². The van der Waals surface area contributed by atoms with Crippen molar-refractivity contribution in [3.8, 4) is 5.75 Å². The van der Waals surface area contributed by atoms with Crippen LogP contribution in [0.1, 0.15) is 23.1 Å². The van der Waals surface area contributed by atoms with Crippen LogP contribution in [0.15, 0.2) is 36.4 Å². The van der Waals surface area contributed by atoms with Gasteiger partial charge in [0.1, 0.15) is 11.6 Å². The second-order valence-electron chi connectivity index (χ2n) is 5.47. The van der Waals surface area contributed by atoms with Crippen molar-refractivity contribution in [2.24, 2.45) is 0 Å². The minimum absolute atomic E-state index is 0.306. The number of ether oxygens (including phenoxy) is 1. The third kappa shape index (κ3) is 2.63. The maximum atomic E-state index is 14.1. The SMILES string of the molecule is COc1ccc2c(c1)CC(O)(c1ccc(Cl)cc1F)CC2. The number of aryl methyl sites for hydroxylation is 1. The fourth-order valence-corrected chi connectivity index (χ4v) is 3.14. The number of aliphatic hydroxyl groups is 1. The quantitative estimate of drug-likeness (QED) is 0.913. The van der Waals surface area contributed by atoms with Gasteiger partial charge in [0.15, 0.2) is 0 Å². The van der Waals surface area contributed by atoms with Gasteiger partial charge in [-0.1, -0.05) is 23.7 Å². The van der Waals surface area contributed by atoms with E-state index in [-0.39, 0.29) is 0 Å². The van der Waals surface area contributed by atoms with Crippen LogP contribution in [-0.2, 0) is 18.4 Å². The largest absolute Gasteiger partial charge is 0.497 e. The maximum Gasteiger partial charge on any atom is 0.130 e. The van der Waals surface area contributed by atoms with Crippen LogP contribution in [0.25, 0.3) is 0 Å². The van der Waals surface area contributed by atoms with Crippen molar-refractivity contribution in [2.45, 2.75) is 24.9 Å². The van der Waals surface area contributed by atoms with Crippen LogP contribution in [0, 0.1) is 5.82 Å². The highest BCUT2D eigenvalue weighted by Crippen LogP contribution is 2.39. The Morgan fingerprint density at radius 1 is 1.19 bits per heavy atom. The van der Waals surface area contributed by atoms with Crippen molar-refractivity contribution in [3.63, 3.8) is 0 Å². The molecular formula is C17H16ClFO2. The molecule has 2 nitrogen and oxygen atoms in total. The van der Waals surface area contributed by atoms with E-state index in [1.165, 1.54) is 11.6 Å². The molecule has 4 heteroatoms. The summed E-state index contributed by atoms with van der Waals surface area (Å²) in [5.41, 5.74) is 1.28. The molecule has 0 radical (unpaired) electrons. The Morgan fingerprint density at radius 2 is 2.00 bits per heavy atom. The first-order valence-corrected chi connectivity index (χ1v) is 7.23. The van der Waals surface area contributed by atoms with E-state index in [9.17, 15) is 9.50 Å². The molecule has 0 saturated heterocycles. The van der Waals surface area contributed by atoms with Crippen LogP contribution in [-0.4, -0.2) is 12.2 Å². The third-order valence-electron chi connectivity index (χ3n) is 4.14. The van der Waals surface area contributed by atoms with E-state index in [4.69, 9.17) is 16.3 Å². The first-order valence-electron chi connectivity index (χ1n) is 6.85. The summed E-state index contributed by atoms with van der Waals surface area (Å²) >= 11 is 5.78. The Morgan fingerprint density at radius 3 is 2.71 bits per heavy atom. The molecule has 0 aromatic heterocycles. The van der Waals surface area contributed by atoms with E-state index >= 15 is 0 Å². The van der Waals surface area contributed by atoms with Gasteiger partial charge >= 0.3 is 0 Å². The number of hydrogen-bond acceptors (Lipinski definition) is 2. The Balaban J connectivity index is 2.00. The molecule has 2 aromatic rings. The minimum atomic E-state index is -1.20. The average Bonchev–Trinajstić information content (AvgIpc) is 2.46. The molecule has 0 bridgehead atoms. The molecule has 21 heavy (non-hydrogen) atoms. The summed E-state index contributed by atoms with van der Waals surface area (Å²) in [7, 11) is 1.61. The van der Waals surface area contributed by atoms with Crippen molar-refractivity contribution < 1.29 is 14.2 Å². The van der Waals surface area contributed by atoms with E-state index in [0.717, 1.165) is 11.3 Å². The van der Waals surface area contributed by atoms with Crippen LogP contribution < -0.4 is 4.74 Å². The Bertz CT molecular complexity index is 686. The van der Waals surface area contributed by atoms with Gasteiger partial charge in [0.2, 0.25) is 0 Å². The van der Waals surface area contributed by atoms with E-state index in [1.807, 2.05) is 18.2 Å². The lowest BCUT2D eigenvalue weighted by molar-refractivity contribution is 0.0188. The lowest BCUT2D eigenvalue weighted by Crippen LogP contribution is -2.34. The number of benzene rings is 2. The number of methoxy groups -OCH3 is 1. The summed E-state index contributed by atoms with van der Waals surface area (Å²) < 4.78 is 19.4. The van der Waals surface area contributed by atoms with Crippen molar-refractivity contribution in [1.82, 2.24) is 0 Å². The fraction of sp³-hybridized carbons (Fsp3) is 0.294. The molecule has 2 aromatic carbocycles. The van der Waals surface area contributed by atoms with Gasteiger partial charge in [-0.25, -0.2) is 4.39 Å². The summed E-state index contributed by atoms with van der Waals surface area (Å²) in [5.74, 6) is 0.283. The molecule has 3 rings (SSSR count). The summed E-state index contributed by atoms with van der Waals surface area (Å²) in [6, 6.07) is 10.3. The van der Waals surface area contributed by atoms with E-state index in [1.54, 1.807) is 19.2 Å². The molecule has 0 amide bonds. The number of rotatable bonds is 2. The number of fused-ring (bicyclic) bond motifs is 1. The lowest BCUT2D eigenvalue weighted by Gasteiger charge is -2.34. The highest BCUT2D eigenvalue weighted by atomic mass is 35.5. The molecule has 0 fully saturated rings. The van der Waals surface area contributed by atoms with Gasteiger partial charge in [-0.2, -0.15) is 0 Å². The first kappa shape index (κ1) is 14.4. The minimum Gasteiger partial charge on any atom is -0.497 e. The van der Waals surface area contributed by atoms with E-state index in [0.29, 0.717) is 29.8 Å². The maximum absolute atomic E-state index is 14.1. The highest BCUT2D eigenvalue weighted by molar-refractivity contribution is 6.30. The van der Waals surface area contributed by atoms with Crippen molar-refractivity contribution in [2.75, 3.05) is 7.11 Å². The predicted molar refractivity (Wildman–Crippen MR) is 80.3 cm³/mol. The zero-order chi connectivity index (χ0) is 15.0. The van der Waals surface area contributed by atoms with Crippen molar-refractivity contribution >= 4 is 11.6 Å². The van der Waals surface area contributed by atoms with Crippen LogP contribution in [0.5, 0.6) is 5.75 Å². The molecule has 0 saturated carbocycles. The van der Waals surface area contributed by atoms with Crippen LogP contribution in [0.3, 0.4) is 0 Å². The first-order chi connectivity index (χ1) is 10.0. The van der Waals surface area contributed by atoms with Gasteiger partial charge in [0.25, 0.3) is 0 Å². The summed E-state index contributed by atoms with van der Waals surface area (Å²) in [6.45, 7) is 0. The monoisotopic (exact) mass is 306 g/mol. The zero-order valence-corrected chi connectivity index (χ0v) is 12.5. The smallest absolute Gasteiger partial charge is 0.130 e. The molecule has 0 heterocycles. The molecule has 0 aliphatic heterocycles. The van der Waals surface area contributed by atoms with Gasteiger partial charge in [-0.15, -0.1) is 0 Å². The lowest BCUT2D eigenvalue weighted by atomic mass is 9.76. The molecule has 110 valence electrons. The fourth-order valence-electron chi connectivity index (χ4n) is 2.98. The average molecular weight is 307 g/mol. The van der Waals surface area contributed by atoms with Gasteiger partial charge < -0.3 is 9.84 Å². The third-order valence-corrected chi connectivity index (χ3v) is 4.37. The van der Waals surface area contributed by atoms with Crippen LogP contribution in [0.4, 0.5) is 4.39 Å². The van der Waals surface area contributed by atoms with Gasteiger partial charge in [0, 0.05) is 17.0 Å². The van der Waals surface area contributed by atoms with Crippen LogP contribution >= 0.6 is 11.6 Å². The number of hydrogen-bond donors (Lipinski definition) is 1. The normalized spacial score (nSPS) is 21.0. The second-order valence-corrected chi connectivity index (χ2v) is 5.90. The van der Waals surface area contributed by atoms with Gasteiger partial charge in [-0.05, 0) is 48.2 Å². The molecule has 0 spiro atoms. The Labute approximate surface area is 128 Å². The zero-order valence-electron chi connectivity index (χ0n) is 11.7. The van der Waals surface area contributed by atoms with Gasteiger partial charge in [0.05, 0.1) is 12.7 Å². The second kappa shape index (κ2) is 5.32. The molecule has 1 unspecified atom stereocenters. The molecule has 1 N–H and O–H groups in total. The molecular weight excluding hydrogens is 291 g/mol. The molecule has 1 aliphatic rings.